The van der Waals surface area contributed by atoms with Gasteiger partial charge in [-0.3, -0.25) is 10.1 Å². The molecule has 0 radical (unpaired) electrons. The van der Waals surface area contributed by atoms with Crippen molar-refractivity contribution in [3.05, 3.63) is 69.8 Å². The molecule has 0 aliphatic rings. The van der Waals surface area contributed by atoms with Gasteiger partial charge in [-0.25, -0.2) is 0 Å². The summed E-state index contributed by atoms with van der Waals surface area (Å²) in [7, 11) is 1.81. The molecule has 0 aliphatic carbocycles. The first-order valence-electron chi connectivity index (χ1n) is 6.45. The number of aliphatic hydroxyl groups is 1. The van der Waals surface area contributed by atoms with Crippen LogP contribution in [-0.4, -0.2) is 23.8 Å². The van der Waals surface area contributed by atoms with E-state index in [9.17, 15) is 10.1 Å². The van der Waals surface area contributed by atoms with Gasteiger partial charge in [-0.1, -0.05) is 24.3 Å². The molecule has 0 spiro atoms. The lowest BCUT2D eigenvalue weighted by atomic mass is 10.1. The van der Waals surface area contributed by atoms with Crippen LogP contribution in [-0.2, 0) is 0 Å². The van der Waals surface area contributed by atoms with Gasteiger partial charge >= 0.3 is 0 Å². The minimum Gasteiger partial charge on any atom is -0.376 e. The van der Waals surface area contributed by atoms with E-state index in [4.69, 9.17) is 5.11 Å². The van der Waals surface area contributed by atoms with E-state index in [1.807, 2.05) is 43.5 Å². The van der Waals surface area contributed by atoms with Crippen LogP contribution in [0.3, 0.4) is 0 Å². The van der Waals surface area contributed by atoms with Crippen molar-refractivity contribution in [2.45, 2.75) is 0 Å². The van der Waals surface area contributed by atoms with Crippen LogP contribution in [0.15, 0.2) is 48.5 Å². The number of aliphatic hydroxyl groups excluding tert-OH is 1. The van der Waals surface area contributed by atoms with E-state index in [2.05, 4.69) is 0 Å². The molecule has 2 aromatic rings. The average molecular weight is 284 g/mol. The molecule has 0 fully saturated rings. The Morgan fingerprint density at radius 1 is 1.05 bits per heavy atom. The Morgan fingerprint density at radius 2 is 1.52 bits per heavy atom. The zero-order valence-electron chi connectivity index (χ0n) is 11.6. The van der Waals surface area contributed by atoms with Gasteiger partial charge in [-0.2, -0.15) is 0 Å². The van der Waals surface area contributed by atoms with E-state index in [1.165, 1.54) is 12.1 Å². The van der Waals surface area contributed by atoms with Crippen LogP contribution in [0.25, 0.3) is 12.2 Å². The number of hydrogen-bond donors (Lipinski definition) is 1. The van der Waals surface area contributed by atoms with Crippen LogP contribution in [0, 0.1) is 10.1 Å². The second kappa shape index (κ2) is 6.67. The second-order valence-electron chi connectivity index (χ2n) is 4.61. The molecule has 2 aromatic carbocycles. The summed E-state index contributed by atoms with van der Waals surface area (Å²) >= 11 is 0. The van der Waals surface area contributed by atoms with Crippen LogP contribution < -0.4 is 4.90 Å². The predicted octanol–water partition coefficient (Wildman–Crippen LogP) is 3.15. The molecule has 0 heterocycles. The minimum absolute atomic E-state index is 0.0298. The van der Waals surface area contributed by atoms with Crippen molar-refractivity contribution in [3.8, 4) is 0 Å². The molecule has 0 bridgehead atoms. The molecule has 2 rings (SSSR count). The molecule has 108 valence electrons. The molecule has 0 amide bonds. The minimum atomic E-state index is -0.413. The van der Waals surface area contributed by atoms with Crippen LogP contribution in [0.1, 0.15) is 11.1 Å². The van der Waals surface area contributed by atoms with Crippen molar-refractivity contribution in [2.24, 2.45) is 0 Å². The number of nitro groups is 1. The highest BCUT2D eigenvalue weighted by Crippen LogP contribution is 2.17. The maximum absolute atomic E-state index is 10.6. The lowest BCUT2D eigenvalue weighted by Crippen LogP contribution is -2.17. The van der Waals surface area contributed by atoms with Crippen LogP contribution >= 0.6 is 0 Å². The van der Waals surface area contributed by atoms with Crippen LogP contribution in [0.4, 0.5) is 11.4 Å². The fourth-order valence-corrected chi connectivity index (χ4v) is 1.82. The van der Waals surface area contributed by atoms with Crippen molar-refractivity contribution in [1.82, 2.24) is 0 Å². The first kappa shape index (κ1) is 14.7. The number of non-ortho nitro benzene ring substituents is 1. The summed E-state index contributed by atoms with van der Waals surface area (Å²) in [5.74, 6) is 0. The Bertz CT molecular complexity index is 634. The molecule has 5 heteroatoms. The molecular formula is C16H16N2O3. The standard InChI is InChI=1S/C16H16N2O3/c1-17(12-19)15-8-4-13(5-9-15)2-3-14-6-10-16(11-7-14)18(20)21/h2-11,19H,12H2,1H3/b3-2+. The molecule has 5 nitrogen and oxygen atoms in total. The SMILES string of the molecule is CN(CO)c1ccc(/C=C/c2ccc([N+](=O)[O-])cc2)cc1. The molecule has 0 atom stereocenters. The van der Waals surface area contributed by atoms with E-state index < -0.39 is 4.92 Å². The molecule has 0 unspecified atom stereocenters. The summed E-state index contributed by atoms with van der Waals surface area (Å²) in [5, 5.41) is 19.6. The largest absolute Gasteiger partial charge is 0.376 e. The van der Waals surface area contributed by atoms with E-state index in [1.54, 1.807) is 17.0 Å². The summed E-state index contributed by atoms with van der Waals surface area (Å²) in [5.41, 5.74) is 2.94. The Hall–Kier alpha value is -2.66. The normalized spacial score (nSPS) is 10.8. The molecular weight excluding hydrogens is 268 g/mol. The predicted molar refractivity (Wildman–Crippen MR) is 84.0 cm³/mol. The molecule has 0 saturated heterocycles. The number of nitrogens with zero attached hydrogens (tertiary/aromatic N) is 2. The second-order valence-corrected chi connectivity index (χ2v) is 4.61. The topological polar surface area (TPSA) is 66.6 Å². The molecule has 0 aromatic heterocycles. The highest BCUT2D eigenvalue weighted by molar-refractivity contribution is 5.70. The van der Waals surface area contributed by atoms with Gasteiger partial charge < -0.3 is 10.0 Å². The van der Waals surface area contributed by atoms with E-state index >= 15 is 0 Å². The van der Waals surface area contributed by atoms with E-state index in [0.717, 1.165) is 16.8 Å². The number of benzene rings is 2. The quantitative estimate of drug-likeness (QED) is 0.396. The zero-order chi connectivity index (χ0) is 15.2. The number of rotatable bonds is 5. The fraction of sp³-hybridized carbons (Fsp3) is 0.125. The summed E-state index contributed by atoms with van der Waals surface area (Å²) < 4.78 is 0. The monoisotopic (exact) mass is 284 g/mol. The third-order valence-corrected chi connectivity index (χ3v) is 3.12. The van der Waals surface area contributed by atoms with Gasteiger partial charge in [0.25, 0.3) is 5.69 Å². The number of nitro benzene ring substituents is 1. The lowest BCUT2D eigenvalue weighted by molar-refractivity contribution is -0.384. The Balaban J connectivity index is 2.08. The van der Waals surface area contributed by atoms with E-state index in [0.29, 0.717) is 0 Å². The zero-order valence-corrected chi connectivity index (χ0v) is 11.6. The summed E-state index contributed by atoms with van der Waals surface area (Å²) in [6.45, 7) is -0.0298. The summed E-state index contributed by atoms with van der Waals surface area (Å²) in [6.07, 6.45) is 3.83. The third-order valence-electron chi connectivity index (χ3n) is 3.12. The van der Waals surface area contributed by atoms with Gasteiger partial charge in [-0.05, 0) is 35.4 Å². The van der Waals surface area contributed by atoms with Crippen molar-refractivity contribution in [2.75, 3.05) is 18.7 Å². The van der Waals surface area contributed by atoms with Gasteiger partial charge in [0.15, 0.2) is 0 Å². The highest BCUT2D eigenvalue weighted by Gasteiger charge is 2.02. The third kappa shape index (κ3) is 3.90. The van der Waals surface area contributed by atoms with Crippen molar-refractivity contribution in [3.63, 3.8) is 0 Å². The smallest absolute Gasteiger partial charge is 0.269 e. The number of hydrogen-bond acceptors (Lipinski definition) is 4. The molecule has 0 saturated carbocycles. The Morgan fingerprint density at radius 3 is 1.95 bits per heavy atom. The Labute approximate surface area is 122 Å². The van der Waals surface area contributed by atoms with Gasteiger partial charge in [0.05, 0.1) is 4.92 Å². The van der Waals surface area contributed by atoms with Gasteiger partial charge in [0.2, 0.25) is 0 Å². The molecule has 0 aliphatic heterocycles. The average Bonchev–Trinajstić information content (AvgIpc) is 2.53. The maximum Gasteiger partial charge on any atom is 0.269 e. The Kier molecular flexibility index (Phi) is 4.68. The van der Waals surface area contributed by atoms with Crippen molar-refractivity contribution in [1.29, 1.82) is 0 Å². The van der Waals surface area contributed by atoms with Crippen LogP contribution in [0.2, 0.25) is 0 Å². The van der Waals surface area contributed by atoms with E-state index in [-0.39, 0.29) is 12.4 Å². The lowest BCUT2D eigenvalue weighted by Gasteiger charge is -2.15. The van der Waals surface area contributed by atoms with Gasteiger partial charge in [-0.15, -0.1) is 0 Å². The number of anilines is 1. The fourth-order valence-electron chi connectivity index (χ4n) is 1.82. The molecule has 1 N–H and O–H groups in total. The molecule has 21 heavy (non-hydrogen) atoms. The van der Waals surface area contributed by atoms with Gasteiger partial charge in [0, 0.05) is 24.9 Å². The van der Waals surface area contributed by atoms with Crippen molar-refractivity contribution < 1.29 is 10.0 Å². The highest BCUT2D eigenvalue weighted by atomic mass is 16.6. The summed E-state index contributed by atoms with van der Waals surface area (Å²) in [4.78, 5) is 11.9. The first-order valence-corrected chi connectivity index (χ1v) is 6.45. The van der Waals surface area contributed by atoms with Crippen molar-refractivity contribution >= 4 is 23.5 Å². The maximum atomic E-state index is 10.6. The van der Waals surface area contributed by atoms with Gasteiger partial charge in [0.1, 0.15) is 6.73 Å². The van der Waals surface area contributed by atoms with Crippen LogP contribution in [0.5, 0.6) is 0 Å². The first-order chi connectivity index (χ1) is 10.1. The summed E-state index contributed by atoms with van der Waals surface area (Å²) in [6, 6.07) is 14.1.